The Balaban J connectivity index is 3.06. The number of hydrogen-bond donors (Lipinski definition) is 1. The maximum atomic E-state index is 11.4. The maximum Gasteiger partial charge on any atom is 0.407 e. The quantitative estimate of drug-likeness (QED) is 0.635. The fraction of sp³-hybridized carbons (Fsp3) is 0.769. The first-order valence-corrected chi connectivity index (χ1v) is 7.50. The third kappa shape index (κ3) is 3.74. The molecule has 19 heavy (non-hydrogen) atoms. The van der Waals surface area contributed by atoms with Crippen LogP contribution in [-0.4, -0.2) is 57.9 Å². The number of halogens is 1. The number of amides is 1. The van der Waals surface area contributed by atoms with Crippen LogP contribution in [0.4, 0.5) is 4.79 Å². The van der Waals surface area contributed by atoms with Crippen molar-refractivity contribution in [3.8, 4) is 0 Å². The first kappa shape index (κ1) is 16.1. The van der Waals surface area contributed by atoms with Gasteiger partial charge < -0.3 is 10.0 Å². The third-order valence-electron chi connectivity index (χ3n) is 3.25. The number of rotatable bonds is 3. The highest BCUT2D eigenvalue weighted by Gasteiger charge is 2.42. The van der Waals surface area contributed by atoms with E-state index in [0.717, 1.165) is 18.3 Å². The van der Waals surface area contributed by atoms with Gasteiger partial charge in [-0.25, -0.2) is 9.59 Å². The molecule has 1 amide bonds. The summed E-state index contributed by atoms with van der Waals surface area (Å²) in [5.74, 6) is 1.98. The van der Waals surface area contributed by atoms with E-state index in [1.165, 1.54) is 4.90 Å². The van der Waals surface area contributed by atoms with Gasteiger partial charge in [0.1, 0.15) is 11.6 Å². The van der Waals surface area contributed by atoms with E-state index in [1.807, 2.05) is 31.6 Å². The lowest BCUT2D eigenvalue weighted by atomic mass is 9.82. The smallest absolute Gasteiger partial charge is 0.407 e. The summed E-state index contributed by atoms with van der Waals surface area (Å²) in [4.78, 5) is 26.0. The van der Waals surface area contributed by atoms with Crippen molar-refractivity contribution < 1.29 is 14.7 Å². The normalized spacial score (nSPS) is 20.4. The number of carbonyl (C=O) groups is 1. The monoisotopic (exact) mass is 332 g/mol. The van der Waals surface area contributed by atoms with E-state index in [4.69, 9.17) is 0 Å². The van der Waals surface area contributed by atoms with E-state index < -0.39 is 12.1 Å². The van der Waals surface area contributed by atoms with Gasteiger partial charge in [-0.1, -0.05) is 36.7 Å². The average Bonchev–Trinajstić information content (AvgIpc) is 2.33. The molecule has 1 heterocycles. The van der Waals surface area contributed by atoms with Crippen molar-refractivity contribution in [3.05, 3.63) is 5.70 Å². The van der Waals surface area contributed by atoms with Crippen molar-refractivity contribution in [2.75, 3.05) is 25.0 Å². The molecule has 0 aromatic carbocycles. The largest absolute Gasteiger partial charge is 0.465 e. The molecule has 6 heteroatoms. The Bertz CT molecular complexity index is 386. The zero-order valence-electron chi connectivity index (χ0n) is 11.6. The van der Waals surface area contributed by atoms with Crippen LogP contribution in [0.1, 0.15) is 27.2 Å². The lowest BCUT2D eigenvalue weighted by Crippen LogP contribution is -2.58. The van der Waals surface area contributed by atoms with Crippen LogP contribution < -0.4 is 0 Å². The van der Waals surface area contributed by atoms with Crippen LogP contribution >= 0.6 is 15.9 Å². The van der Waals surface area contributed by atoms with Crippen molar-refractivity contribution in [2.45, 2.75) is 33.2 Å². The van der Waals surface area contributed by atoms with E-state index in [2.05, 4.69) is 15.9 Å². The Hall–Kier alpha value is -1.00. The van der Waals surface area contributed by atoms with E-state index >= 15 is 0 Å². The Morgan fingerprint density at radius 2 is 2.11 bits per heavy atom. The summed E-state index contributed by atoms with van der Waals surface area (Å²) in [6.07, 6.45) is -0.0671. The van der Waals surface area contributed by atoms with Gasteiger partial charge in [0.25, 0.3) is 0 Å². The van der Waals surface area contributed by atoms with Crippen LogP contribution in [0.25, 0.3) is 0 Å². The highest BCUT2D eigenvalue weighted by atomic mass is 79.9. The second-order valence-electron chi connectivity index (χ2n) is 5.76. The maximum absolute atomic E-state index is 11.4. The first-order chi connectivity index (χ1) is 8.82. The van der Waals surface area contributed by atoms with Crippen molar-refractivity contribution in [1.82, 2.24) is 9.80 Å². The number of nitrogens with zero attached hydrogens (tertiary/aromatic N) is 2. The molecule has 0 aromatic rings. The van der Waals surface area contributed by atoms with Gasteiger partial charge in [-0.3, -0.25) is 4.90 Å². The molecule has 0 aromatic heterocycles. The number of carboxylic acid groups (broad SMARTS) is 1. The zero-order chi connectivity index (χ0) is 14.6. The van der Waals surface area contributed by atoms with Crippen molar-refractivity contribution in [1.29, 1.82) is 0 Å². The minimum Gasteiger partial charge on any atom is -0.465 e. The number of alkyl halides is 1. The predicted molar refractivity (Wildman–Crippen MR) is 77.2 cm³/mol. The molecule has 1 fully saturated rings. The summed E-state index contributed by atoms with van der Waals surface area (Å²) in [6.45, 7) is 7.55. The number of piperazine rings is 1. The lowest BCUT2D eigenvalue weighted by molar-refractivity contribution is 0.0546. The van der Waals surface area contributed by atoms with Crippen molar-refractivity contribution in [2.24, 2.45) is 5.41 Å². The molecule has 0 aliphatic carbocycles. The zero-order valence-corrected chi connectivity index (χ0v) is 13.2. The highest BCUT2D eigenvalue weighted by molar-refractivity contribution is 9.09. The molecular formula is C13H21BrN2O3. The van der Waals surface area contributed by atoms with Crippen molar-refractivity contribution >= 4 is 28.0 Å². The molecule has 1 atom stereocenters. The highest BCUT2D eigenvalue weighted by Crippen LogP contribution is 2.33. The molecular weight excluding hydrogens is 312 g/mol. The Labute approximate surface area is 122 Å². The second-order valence-corrected chi connectivity index (χ2v) is 6.55. The Morgan fingerprint density at radius 3 is 2.53 bits per heavy atom. The molecule has 0 bridgehead atoms. The first-order valence-electron chi connectivity index (χ1n) is 6.38. The summed E-state index contributed by atoms with van der Waals surface area (Å²) >= 11 is 3.37. The molecule has 1 rings (SSSR count). The van der Waals surface area contributed by atoms with E-state index in [-0.39, 0.29) is 5.41 Å². The Kier molecular flexibility index (Phi) is 5.44. The standard InChI is InChI=1S/C13H21BrN2O3/c1-13(2,3)11-10(9-17)15(6-4-5-14)7-8-16(11)12(18)19/h11H,4-8H2,1-3H3,(H,18,19). The summed E-state index contributed by atoms with van der Waals surface area (Å²) in [7, 11) is 0. The molecule has 1 unspecified atom stereocenters. The summed E-state index contributed by atoms with van der Waals surface area (Å²) in [6, 6.07) is -0.438. The fourth-order valence-electron chi connectivity index (χ4n) is 2.49. The lowest BCUT2D eigenvalue weighted by Gasteiger charge is -2.46. The van der Waals surface area contributed by atoms with Crippen LogP contribution in [0.5, 0.6) is 0 Å². The van der Waals surface area contributed by atoms with Gasteiger partial charge in [0.2, 0.25) is 0 Å². The predicted octanol–water partition coefficient (Wildman–Crippen LogP) is 2.20. The molecule has 0 saturated carbocycles. The van der Waals surface area contributed by atoms with Crippen molar-refractivity contribution in [3.63, 3.8) is 0 Å². The minimum absolute atomic E-state index is 0.335. The second kappa shape index (κ2) is 6.44. The third-order valence-corrected chi connectivity index (χ3v) is 3.82. The van der Waals surface area contributed by atoms with Gasteiger partial charge >= 0.3 is 6.09 Å². The minimum atomic E-state index is -0.979. The molecule has 5 nitrogen and oxygen atoms in total. The van der Waals surface area contributed by atoms with Crippen LogP contribution in [0, 0.1) is 5.41 Å². The van der Waals surface area contributed by atoms with Gasteiger partial charge in [0, 0.05) is 25.0 Å². The van der Waals surface area contributed by atoms with Gasteiger partial charge in [-0.05, 0) is 11.8 Å². The topological polar surface area (TPSA) is 60.9 Å². The van der Waals surface area contributed by atoms with Crippen LogP contribution in [0.3, 0.4) is 0 Å². The Morgan fingerprint density at radius 1 is 1.47 bits per heavy atom. The summed E-state index contributed by atoms with van der Waals surface area (Å²) < 4.78 is 0. The van der Waals surface area contributed by atoms with Gasteiger partial charge in [0.15, 0.2) is 0 Å². The SMILES string of the molecule is CC(C)(C)C1C(=C=O)N(CCCBr)CCN1C(=O)O. The van der Waals surface area contributed by atoms with E-state index in [0.29, 0.717) is 18.8 Å². The number of carbonyl (C=O) groups excluding carboxylic acids is 1. The molecule has 1 aliphatic rings. The number of hydrogen-bond acceptors (Lipinski definition) is 3. The van der Waals surface area contributed by atoms with Gasteiger partial charge in [-0.15, -0.1) is 0 Å². The molecule has 1 N–H and O–H groups in total. The molecule has 0 radical (unpaired) electrons. The van der Waals surface area contributed by atoms with Gasteiger partial charge in [-0.2, -0.15) is 0 Å². The molecule has 1 aliphatic heterocycles. The van der Waals surface area contributed by atoms with Gasteiger partial charge in [0.05, 0.1) is 6.04 Å². The fourth-order valence-corrected chi connectivity index (χ4v) is 2.74. The molecule has 0 spiro atoms. The average molecular weight is 333 g/mol. The van der Waals surface area contributed by atoms with E-state index in [1.54, 1.807) is 0 Å². The summed E-state index contributed by atoms with van der Waals surface area (Å²) in [5.41, 5.74) is 0.125. The van der Waals surface area contributed by atoms with E-state index in [9.17, 15) is 14.7 Å². The van der Waals surface area contributed by atoms with Crippen LogP contribution in [0.15, 0.2) is 5.70 Å². The summed E-state index contributed by atoms with van der Waals surface area (Å²) in [5, 5.41) is 10.2. The van der Waals surface area contributed by atoms with Crippen LogP contribution in [0.2, 0.25) is 0 Å². The van der Waals surface area contributed by atoms with Crippen LogP contribution in [-0.2, 0) is 4.79 Å². The molecule has 108 valence electrons. The molecule has 1 saturated heterocycles.